The number of nitrogens with zero attached hydrogens (tertiary/aromatic N) is 1. The topological polar surface area (TPSA) is 15.3 Å². The number of nitrogens with one attached hydrogen (secondary N) is 1. The van der Waals surface area contributed by atoms with Crippen LogP contribution >= 0.6 is 0 Å². The molecule has 98 valence electrons. The van der Waals surface area contributed by atoms with Gasteiger partial charge in [-0.25, -0.2) is 5.01 Å². The normalized spacial score (nSPS) is 15.8. The summed E-state index contributed by atoms with van der Waals surface area (Å²) in [5.41, 5.74) is 3.72. The fourth-order valence-electron chi connectivity index (χ4n) is 2.17. The van der Waals surface area contributed by atoms with Crippen molar-refractivity contribution in [1.82, 2.24) is 10.4 Å². The van der Waals surface area contributed by atoms with Crippen LogP contribution in [0.1, 0.15) is 67.2 Å². The molecule has 1 N–H and O–H groups in total. The highest BCUT2D eigenvalue weighted by atomic mass is 15.5. The minimum atomic E-state index is 0.629. The van der Waals surface area contributed by atoms with Crippen LogP contribution in [0.2, 0.25) is 0 Å². The second-order valence-corrected chi connectivity index (χ2v) is 5.19. The van der Waals surface area contributed by atoms with E-state index in [1.54, 1.807) is 0 Å². The van der Waals surface area contributed by atoms with Crippen molar-refractivity contribution in [3.63, 3.8) is 0 Å². The molecule has 0 saturated carbocycles. The average molecular weight is 228 g/mol. The van der Waals surface area contributed by atoms with E-state index in [0.717, 1.165) is 6.54 Å². The third-order valence-corrected chi connectivity index (χ3v) is 3.32. The van der Waals surface area contributed by atoms with Crippen molar-refractivity contribution < 1.29 is 0 Å². The summed E-state index contributed by atoms with van der Waals surface area (Å²) in [6.07, 6.45) is 5.07. The van der Waals surface area contributed by atoms with E-state index < -0.39 is 0 Å². The van der Waals surface area contributed by atoms with E-state index >= 15 is 0 Å². The van der Waals surface area contributed by atoms with Gasteiger partial charge in [0, 0.05) is 18.6 Å². The number of hydrogen-bond acceptors (Lipinski definition) is 2. The molecule has 0 aliphatic carbocycles. The maximum atomic E-state index is 3.72. The quantitative estimate of drug-likeness (QED) is 0.603. The van der Waals surface area contributed by atoms with Crippen molar-refractivity contribution in [3.8, 4) is 0 Å². The first kappa shape index (κ1) is 15.9. The smallest absolute Gasteiger partial charge is 0.0238 e. The first-order valence-corrected chi connectivity index (χ1v) is 7.09. The van der Waals surface area contributed by atoms with E-state index in [-0.39, 0.29) is 0 Å². The summed E-state index contributed by atoms with van der Waals surface area (Å²) in [5.74, 6) is 0.711. The highest BCUT2D eigenvalue weighted by Crippen LogP contribution is 2.11. The van der Waals surface area contributed by atoms with Crippen LogP contribution in [0.25, 0.3) is 0 Å². The highest BCUT2D eigenvalue weighted by molar-refractivity contribution is 4.71. The van der Waals surface area contributed by atoms with Gasteiger partial charge in [0.15, 0.2) is 0 Å². The van der Waals surface area contributed by atoms with Crippen LogP contribution in [0.5, 0.6) is 0 Å². The van der Waals surface area contributed by atoms with Crippen LogP contribution in [0, 0.1) is 5.92 Å². The van der Waals surface area contributed by atoms with Crippen LogP contribution < -0.4 is 5.43 Å². The van der Waals surface area contributed by atoms with Gasteiger partial charge in [-0.05, 0) is 25.7 Å². The standard InChI is InChI=1S/C14H32N2/c1-7-10-13(6)16(9-3)15-14(11-8-2)12(4)5/h12-15H,7-11H2,1-6H3. The SMILES string of the molecule is CCCC(NN(CC)C(C)CCC)C(C)C. The molecule has 0 amide bonds. The van der Waals surface area contributed by atoms with Crippen molar-refractivity contribution in [2.24, 2.45) is 5.92 Å². The Morgan fingerprint density at radius 2 is 1.50 bits per heavy atom. The second-order valence-electron chi connectivity index (χ2n) is 5.19. The Morgan fingerprint density at radius 1 is 0.938 bits per heavy atom. The maximum Gasteiger partial charge on any atom is 0.0238 e. The monoisotopic (exact) mass is 228 g/mol. The van der Waals surface area contributed by atoms with Crippen LogP contribution in [-0.4, -0.2) is 23.6 Å². The van der Waals surface area contributed by atoms with Crippen LogP contribution in [0.3, 0.4) is 0 Å². The summed E-state index contributed by atoms with van der Waals surface area (Å²) >= 11 is 0. The highest BCUT2D eigenvalue weighted by Gasteiger charge is 2.18. The Kier molecular flexibility index (Phi) is 8.96. The van der Waals surface area contributed by atoms with Gasteiger partial charge in [-0.3, -0.25) is 5.43 Å². The summed E-state index contributed by atoms with van der Waals surface area (Å²) in [7, 11) is 0. The minimum Gasteiger partial charge on any atom is -0.252 e. The summed E-state index contributed by atoms with van der Waals surface area (Å²) in [6, 6.07) is 1.28. The second kappa shape index (κ2) is 9.00. The van der Waals surface area contributed by atoms with E-state index in [4.69, 9.17) is 0 Å². The van der Waals surface area contributed by atoms with Gasteiger partial charge in [0.1, 0.15) is 0 Å². The molecule has 0 aliphatic rings. The molecule has 0 heterocycles. The molecular weight excluding hydrogens is 196 g/mol. The van der Waals surface area contributed by atoms with E-state index in [2.05, 4.69) is 52.0 Å². The third kappa shape index (κ3) is 5.86. The van der Waals surface area contributed by atoms with E-state index in [1.807, 2.05) is 0 Å². The molecule has 0 fully saturated rings. The first-order chi connectivity index (χ1) is 7.56. The van der Waals surface area contributed by atoms with Crippen molar-refractivity contribution in [2.75, 3.05) is 6.54 Å². The molecule has 0 aromatic carbocycles. The van der Waals surface area contributed by atoms with Gasteiger partial charge in [0.2, 0.25) is 0 Å². The zero-order valence-electron chi connectivity index (χ0n) is 12.2. The lowest BCUT2D eigenvalue weighted by Gasteiger charge is -2.34. The average Bonchev–Trinajstić information content (AvgIpc) is 2.24. The van der Waals surface area contributed by atoms with Gasteiger partial charge >= 0.3 is 0 Å². The lowest BCUT2D eigenvalue weighted by atomic mass is 10.0. The van der Waals surface area contributed by atoms with Crippen LogP contribution in [-0.2, 0) is 0 Å². The predicted molar refractivity (Wildman–Crippen MR) is 73.4 cm³/mol. The van der Waals surface area contributed by atoms with Crippen molar-refractivity contribution >= 4 is 0 Å². The zero-order valence-corrected chi connectivity index (χ0v) is 12.2. The number of rotatable bonds is 9. The molecule has 0 radical (unpaired) electrons. The van der Waals surface area contributed by atoms with E-state index in [0.29, 0.717) is 18.0 Å². The molecule has 2 nitrogen and oxygen atoms in total. The Labute approximate surface area is 103 Å². The lowest BCUT2D eigenvalue weighted by molar-refractivity contribution is 0.0917. The predicted octanol–water partition coefficient (Wildman–Crippen LogP) is 3.83. The summed E-state index contributed by atoms with van der Waals surface area (Å²) in [6.45, 7) is 14.8. The van der Waals surface area contributed by atoms with E-state index in [9.17, 15) is 0 Å². The van der Waals surface area contributed by atoms with E-state index in [1.165, 1.54) is 25.7 Å². The summed E-state index contributed by atoms with van der Waals surface area (Å²) in [4.78, 5) is 0. The van der Waals surface area contributed by atoms with Crippen molar-refractivity contribution in [3.05, 3.63) is 0 Å². The van der Waals surface area contributed by atoms with Gasteiger partial charge in [-0.15, -0.1) is 0 Å². The van der Waals surface area contributed by atoms with Crippen LogP contribution in [0.4, 0.5) is 0 Å². The molecule has 0 bridgehead atoms. The van der Waals surface area contributed by atoms with Crippen molar-refractivity contribution in [1.29, 1.82) is 0 Å². The lowest BCUT2D eigenvalue weighted by Crippen LogP contribution is -2.50. The van der Waals surface area contributed by atoms with Gasteiger partial charge in [0.25, 0.3) is 0 Å². The van der Waals surface area contributed by atoms with Gasteiger partial charge in [-0.2, -0.15) is 0 Å². The molecule has 2 unspecified atom stereocenters. The summed E-state index contributed by atoms with van der Waals surface area (Å²) in [5, 5.41) is 2.42. The Hall–Kier alpha value is -0.0800. The third-order valence-electron chi connectivity index (χ3n) is 3.32. The Morgan fingerprint density at radius 3 is 1.88 bits per heavy atom. The molecular formula is C14H32N2. The minimum absolute atomic E-state index is 0.629. The van der Waals surface area contributed by atoms with Gasteiger partial charge in [0.05, 0.1) is 0 Å². The Balaban J connectivity index is 4.24. The zero-order chi connectivity index (χ0) is 12.6. The van der Waals surface area contributed by atoms with Gasteiger partial charge in [-0.1, -0.05) is 47.5 Å². The van der Waals surface area contributed by atoms with Crippen LogP contribution in [0.15, 0.2) is 0 Å². The first-order valence-electron chi connectivity index (χ1n) is 7.09. The molecule has 16 heavy (non-hydrogen) atoms. The molecule has 0 aromatic rings. The largest absolute Gasteiger partial charge is 0.252 e. The fraction of sp³-hybridized carbons (Fsp3) is 1.00. The molecule has 0 aromatic heterocycles. The number of hydrazine groups is 1. The molecule has 0 aliphatic heterocycles. The maximum absolute atomic E-state index is 3.72. The Bertz CT molecular complexity index is 157. The molecule has 2 atom stereocenters. The van der Waals surface area contributed by atoms with Gasteiger partial charge < -0.3 is 0 Å². The molecule has 0 rings (SSSR count). The molecule has 0 spiro atoms. The molecule has 2 heteroatoms. The summed E-state index contributed by atoms with van der Waals surface area (Å²) < 4.78 is 0. The molecule has 0 saturated heterocycles. The number of hydrogen-bond donors (Lipinski definition) is 1. The van der Waals surface area contributed by atoms with Crippen molar-refractivity contribution in [2.45, 2.75) is 79.3 Å². The fourth-order valence-corrected chi connectivity index (χ4v) is 2.17.